The molecule has 8 rings (SSSR count). The third-order valence-corrected chi connectivity index (χ3v) is 10.00. The molecule has 2 aromatic heterocycles. The smallest absolute Gasteiger partial charge is 0.352 e. The van der Waals surface area contributed by atoms with Crippen molar-refractivity contribution in [3.63, 3.8) is 0 Å². The van der Waals surface area contributed by atoms with E-state index in [4.69, 9.17) is 10.7 Å². The molecule has 4 aromatic rings. The van der Waals surface area contributed by atoms with E-state index in [1.807, 2.05) is 31.5 Å². The standard InChI is InChI=1S/C34H35F2N7O2/c1-19-5-7-21(14-25(19)31(37)44)39-32-30-28(38-18-42(30)22-8-9-22)17-27(40-32)20-6-10-26-29(13-20)43(33(45)34(26,35)36)24-15-23(16-24)41-11-3-2-4-12-41/h5-7,10,13-14,17-18,22-24H,2-4,8-9,11-12,15-16H2,1H3,(H2,37,44)(H,39,40)/t23-,24+. The molecule has 9 nitrogen and oxygen atoms in total. The molecule has 45 heavy (non-hydrogen) atoms. The maximum absolute atomic E-state index is 15.3. The van der Waals surface area contributed by atoms with Crippen molar-refractivity contribution in [3.05, 3.63) is 65.5 Å². The number of hydrogen-bond acceptors (Lipinski definition) is 6. The molecular formula is C34H35F2N7O2. The van der Waals surface area contributed by atoms with Gasteiger partial charge in [-0.2, -0.15) is 8.78 Å². The lowest BCUT2D eigenvalue weighted by Gasteiger charge is -2.47. The number of halogens is 2. The molecule has 0 atom stereocenters. The fourth-order valence-corrected chi connectivity index (χ4v) is 7.27. The summed E-state index contributed by atoms with van der Waals surface area (Å²) in [7, 11) is 0. The Balaban J connectivity index is 1.17. The van der Waals surface area contributed by atoms with Gasteiger partial charge < -0.3 is 25.4 Å². The Morgan fingerprint density at radius 3 is 2.51 bits per heavy atom. The van der Waals surface area contributed by atoms with Gasteiger partial charge in [-0.1, -0.05) is 18.6 Å². The summed E-state index contributed by atoms with van der Waals surface area (Å²) in [6.45, 7) is 3.90. The van der Waals surface area contributed by atoms with E-state index < -0.39 is 17.7 Å². The minimum Gasteiger partial charge on any atom is -0.366 e. The molecule has 1 saturated heterocycles. The number of fused-ring (bicyclic) bond motifs is 2. The van der Waals surface area contributed by atoms with Crippen molar-refractivity contribution >= 4 is 40.0 Å². The van der Waals surface area contributed by atoms with Gasteiger partial charge in [0.2, 0.25) is 5.91 Å². The first-order valence-corrected chi connectivity index (χ1v) is 15.8. The van der Waals surface area contributed by atoms with Crippen molar-refractivity contribution in [2.45, 2.75) is 75.9 Å². The molecule has 4 heterocycles. The maximum atomic E-state index is 15.3. The zero-order valence-electron chi connectivity index (χ0n) is 25.1. The molecule has 0 unspecified atom stereocenters. The second-order valence-electron chi connectivity index (χ2n) is 13.0. The van der Waals surface area contributed by atoms with Crippen LogP contribution >= 0.6 is 0 Å². The number of imidazole rings is 1. The van der Waals surface area contributed by atoms with Crippen molar-refractivity contribution in [3.8, 4) is 11.3 Å². The van der Waals surface area contributed by atoms with E-state index >= 15 is 8.78 Å². The zero-order chi connectivity index (χ0) is 31.0. The molecule has 3 N–H and O–H groups in total. The van der Waals surface area contributed by atoms with E-state index in [1.54, 1.807) is 18.2 Å². The van der Waals surface area contributed by atoms with Crippen LogP contribution in [0.25, 0.3) is 22.3 Å². The summed E-state index contributed by atoms with van der Waals surface area (Å²) in [4.78, 5) is 38.6. The lowest BCUT2D eigenvalue weighted by Crippen LogP contribution is -2.56. The fraction of sp³-hybridized carbons (Fsp3) is 0.412. The number of likely N-dealkylation sites (tertiary alicyclic amines) is 1. The van der Waals surface area contributed by atoms with E-state index in [-0.39, 0.29) is 17.3 Å². The Bertz CT molecular complexity index is 1850. The summed E-state index contributed by atoms with van der Waals surface area (Å²) in [6.07, 6.45) is 8.86. The summed E-state index contributed by atoms with van der Waals surface area (Å²) >= 11 is 0. The predicted octanol–water partition coefficient (Wildman–Crippen LogP) is 6.04. The summed E-state index contributed by atoms with van der Waals surface area (Å²) in [5, 5.41) is 3.37. The van der Waals surface area contributed by atoms with Gasteiger partial charge in [-0.25, -0.2) is 9.97 Å². The first-order valence-electron chi connectivity index (χ1n) is 15.8. The number of pyridine rings is 1. The normalized spacial score (nSPS) is 22.8. The molecule has 4 aliphatic rings. The Morgan fingerprint density at radius 1 is 1.00 bits per heavy atom. The molecule has 0 radical (unpaired) electrons. The van der Waals surface area contributed by atoms with Gasteiger partial charge in [-0.15, -0.1) is 0 Å². The maximum Gasteiger partial charge on any atom is 0.352 e. The molecule has 0 spiro atoms. The number of primary amides is 1. The van der Waals surface area contributed by atoms with Gasteiger partial charge in [-0.05, 0) is 94.4 Å². The molecule has 2 aliphatic carbocycles. The number of nitrogens with zero attached hydrogens (tertiary/aromatic N) is 5. The van der Waals surface area contributed by atoms with Crippen LogP contribution in [0, 0.1) is 6.92 Å². The number of carbonyl (C=O) groups is 2. The average Bonchev–Trinajstić information content (AvgIpc) is 3.73. The lowest BCUT2D eigenvalue weighted by molar-refractivity contribution is -0.142. The van der Waals surface area contributed by atoms with E-state index in [1.165, 1.54) is 17.4 Å². The van der Waals surface area contributed by atoms with Crippen molar-refractivity contribution in [2.75, 3.05) is 23.3 Å². The molecule has 2 aliphatic heterocycles. The number of anilines is 3. The SMILES string of the molecule is Cc1ccc(Nc2nc(-c3ccc4c(c3)N([C@H]3C[C@@H](N5CCCCC5)C3)C(=O)C4(F)F)cc3ncn(C4CC4)c23)cc1C(N)=O. The highest BCUT2D eigenvalue weighted by atomic mass is 19.3. The third kappa shape index (κ3) is 4.67. The van der Waals surface area contributed by atoms with E-state index in [9.17, 15) is 9.59 Å². The molecule has 232 valence electrons. The largest absolute Gasteiger partial charge is 0.366 e. The molecule has 2 amide bonds. The van der Waals surface area contributed by atoms with Crippen LogP contribution < -0.4 is 16.0 Å². The van der Waals surface area contributed by atoms with E-state index in [0.29, 0.717) is 58.8 Å². The van der Waals surface area contributed by atoms with Crippen LogP contribution in [0.4, 0.5) is 26.0 Å². The lowest BCUT2D eigenvalue weighted by atomic mass is 9.83. The Hall–Kier alpha value is -4.38. The van der Waals surface area contributed by atoms with E-state index in [0.717, 1.165) is 49.9 Å². The molecule has 2 aromatic carbocycles. The topological polar surface area (TPSA) is 109 Å². The van der Waals surface area contributed by atoms with Crippen LogP contribution in [-0.2, 0) is 10.7 Å². The van der Waals surface area contributed by atoms with Crippen LogP contribution in [0.1, 0.15) is 72.5 Å². The van der Waals surface area contributed by atoms with E-state index in [2.05, 4.69) is 19.8 Å². The quantitative estimate of drug-likeness (QED) is 0.264. The van der Waals surface area contributed by atoms with Gasteiger partial charge >= 0.3 is 11.8 Å². The summed E-state index contributed by atoms with van der Waals surface area (Å²) < 4.78 is 32.8. The van der Waals surface area contributed by atoms with Crippen molar-refractivity contribution in [2.24, 2.45) is 5.73 Å². The zero-order valence-corrected chi connectivity index (χ0v) is 25.1. The predicted molar refractivity (Wildman–Crippen MR) is 168 cm³/mol. The third-order valence-electron chi connectivity index (χ3n) is 10.00. The highest BCUT2D eigenvalue weighted by Crippen LogP contribution is 2.49. The van der Waals surface area contributed by atoms with Crippen LogP contribution in [-0.4, -0.2) is 56.4 Å². The van der Waals surface area contributed by atoms with Gasteiger partial charge in [0, 0.05) is 34.9 Å². The van der Waals surface area contributed by atoms with Gasteiger partial charge in [0.05, 0.1) is 28.8 Å². The number of rotatable bonds is 7. The first kappa shape index (κ1) is 28.1. The monoisotopic (exact) mass is 611 g/mol. The molecule has 2 saturated carbocycles. The number of nitrogens with two attached hydrogens (primary N) is 1. The van der Waals surface area contributed by atoms with Crippen LogP contribution in [0.15, 0.2) is 48.8 Å². The Morgan fingerprint density at radius 2 is 1.78 bits per heavy atom. The number of piperidine rings is 1. The highest BCUT2D eigenvalue weighted by Gasteiger charge is 2.56. The number of amides is 2. The summed E-state index contributed by atoms with van der Waals surface area (Å²) in [5.74, 6) is -4.70. The minimum absolute atomic E-state index is 0.255. The second-order valence-corrected chi connectivity index (χ2v) is 13.0. The molecule has 3 fully saturated rings. The molecule has 11 heteroatoms. The number of benzene rings is 2. The fourth-order valence-electron chi connectivity index (χ4n) is 7.27. The van der Waals surface area contributed by atoms with Gasteiger partial charge in [-0.3, -0.25) is 9.59 Å². The minimum atomic E-state index is -3.57. The van der Waals surface area contributed by atoms with Gasteiger partial charge in [0.1, 0.15) is 5.52 Å². The number of carbonyl (C=O) groups excluding carboxylic acids is 2. The highest BCUT2D eigenvalue weighted by molar-refractivity contribution is 6.07. The summed E-state index contributed by atoms with van der Waals surface area (Å²) in [6, 6.07) is 12.3. The Kier molecular flexibility index (Phi) is 6.46. The number of aromatic nitrogens is 3. The number of aryl methyl sites for hydroxylation is 1. The number of nitrogens with one attached hydrogen (secondary N) is 1. The van der Waals surface area contributed by atoms with Gasteiger partial charge in [0.15, 0.2) is 5.82 Å². The number of alkyl halides is 2. The molecular weight excluding hydrogens is 576 g/mol. The first-order chi connectivity index (χ1) is 21.7. The van der Waals surface area contributed by atoms with Crippen LogP contribution in [0.5, 0.6) is 0 Å². The second kappa shape index (κ2) is 10.3. The van der Waals surface area contributed by atoms with Crippen LogP contribution in [0.3, 0.4) is 0 Å². The van der Waals surface area contributed by atoms with Gasteiger partial charge in [0.25, 0.3) is 0 Å². The number of hydrogen-bond donors (Lipinski definition) is 2. The van der Waals surface area contributed by atoms with Crippen molar-refractivity contribution in [1.29, 1.82) is 0 Å². The summed E-state index contributed by atoms with van der Waals surface area (Å²) in [5.41, 5.74) is 10.1. The Labute approximate surface area is 259 Å². The van der Waals surface area contributed by atoms with Crippen molar-refractivity contribution in [1.82, 2.24) is 19.4 Å². The van der Waals surface area contributed by atoms with Crippen molar-refractivity contribution < 1.29 is 18.4 Å². The van der Waals surface area contributed by atoms with Crippen LogP contribution in [0.2, 0.25) is 0 Å². The molecule has 0 bridgehead atoms. The average molecular weight is 612 g/mol.